The minimum absolute atomic E-state index is 0.0485. The SMILES string of the molecule is CCC1(c2nc3nc(C)ccc3o2)CCCNC1. The number of nitrogens with zero attached hydrogens (tertiary/aromatic N) is 2. The van der Waals surface area contributed by atoms with Crippen LogP contribution in [0.3, 0.4) is 0 Å². The maximum atomic E-state index is 5.94. The Bertz CT molecular complexity index is 555. The van der Waals surface area contributed by atoms with Crippen molar-refractivity contribution in [2.45, 2.75) is 38.5 Å². The molecule has 0 aliphatic carbocycles. The molecule has 1 fully saturated rings. The molecule has 18 heavy (non-hydrogen) atoms. The molecular formula is C14H19N3O. The Morgan fingerprint density at radius 3 is 3.00 bits per heavy atom. The van der Waals surface area contributed by atoms with Gasteiger partial charge in [-0.25, -0.2) is 4.98 Å². The monoisotopic (exact) mass is 245 g/mol. The van der Waals surface area contributed by atoms with Gasteiger partial charge in [0.1, 0.15) is 0 Å². The number of aryl methyl sites for hydroxylation is 1. The molecule has 1 aliphatic heterocycles. The summed E-state index contributed by atoms with van der Waals surface area (Å²) in [6.07, 6.45) is 3.37. The number of hydrogen-bond donors (Lipinski definition) is 1. The van der Waals surface area contributed by atoms with Crippen molar-refractivity contribution in [2.24, 2.45) is 0 Å². The fourth-order valence-electron chi connectivity index (χ4n) is 2.74. The van der Waals surface area contributed by atoms with Gasteiger partial charge in [-0.2, -0.15) is 4.98 Å². The van der Waals surface area contributed by atoms with E-state index in [0.29, 0.717) is 0 Å². The number of hydrogen-bond acceptors (Lipinski definition) is 4. The van der Waals surface area contributed by atoms with E-state index in [1.165, 1.54) is 6.42 Å². The average molecular weight is 245 g/mol. The van der Waals surface area contributed by atoms with Gasteiger partial charge in [0, 0.05) is 12.2 Å². The van der Waals surface area contributed by atoms with E-state index >= 15 is 0 Å². The van der Waals surface area contributed by atoms with Gasteiger partial charge in [-0.05, 0) is 44.9 Å². The minimum atomic E-state index is 0.0485. The lowest BCUT2D eigenvalue weighted by Gasteiger charge is -2.33. The van der Waals surface area contributed by atoms with Gasteiger partial charge in [0.25, 0.3) is 0 Å². The molecule has 96 valence electrons. The molecule has 1 atom stereocenters. The van der Waals surface area contributed by atoms with Gasteiger partial charge < -0.3 is 9.73 Å². The Morgan fingerprint density at radius 2 is 2.28 bits per heavy atom. The Labute approximate surface area is 107 Å². The Kier molecular flexibility index (Phi) is 2.82. The number of pyridine rings is 1. The van der Waals surface area contributed by atoms with Crippen LogP contribution in [0.1, 0.15) is 37.8 Å². The van der Waals surface area contributed by atoms with Crippen LogP contribution in [-0.2, 0) is 5.41 Å². The van der Waals surface area contributed by atoms with Crippen LogP contribution in [0.2, 0.25) is 0 Å². The summed E-state index contributed by atoms with van der Waals surface area (Å²) in [6, 6.07) is 3.93. The van der Waals surface area contributed by atoms with E-state index in [1.807, 2.05) is 19.1 Å². The predicted molar refractivity (Wildman–Crippen MR) is 70.6 cm³/mol. The number of oxazole rings is 1. The van der Waals surface area contributed by atoms with E-state index in [-0.39, 0.29) is 5.41 Å². The van der Waals surface area contributed by atoms with Crippen molar-refractivity contribution in [1.82, 2.24) is 15.3 Å². The van der Waals surface area contributed by atoms with Crippen LogP contribution >= 0.6 is 0 Å². The maximum absolute atomic E-state index is 5.94. The third-order valence-electron chi connectivity index (χ3n) is 4.00. The van der Waals surface area contributed by atoms with E-state index in [1.54, 1.807) is 0 Å². The molecule has 0 spiro atoms. The molecule has 0 aromatic carbocycles. The highest BCUT2D eigenvalue weighted by atomic mass is 16.3. The number of nitrogens with one attached hydrogen (secondary N) is 1. The summed E-state index contributed by atoms with van der Waals surface area (Å²) >= 11 is 0. The van der Waals surface area contributed by atoms with Crippen molar-refractivity contribution in [3.05, 3.63) is 23.7 Å². The molecule has 1 N–H and O–H groups in total. The largest absolute Gasteiger partial charge is 0.438 e. The number of rotatable bonds is 2. The van der Waals surface area contributed by atoms with Crippen molar-refractivity contribution in [3.8, 4) is 0 Å². The first kappa shape index (κ1) is 11.7. The second kappa shape index (κ2) is 4.35. The molecule has 1 saturated heterocycles. The van der Waals surface area contributed by atoms with Gasteiger partial charge in [-0.15, -0.1) is 0 Å². The number of aromatic nitrogens is 2. The predicted octanol–water partition coefficient (Wildman–Crippen LogP) is 2.56. The summed E-state index contributed by atoms with van der Waals surface area (Å²) in [5.74, 6) is 0.852. The van der Waals surface area contributed by atoms with E-state index in [2.05, 4.69) is 22.2 Å². The molecule has 1 unspecified atom stereocenters. The zero-order valence-corrected chi connectivity index (χ0v) is 11.0. The molecule has 3 heterocycles. The molecule has 2 aromatic rings. The van der Waals surface area contributed by atoms with Crippen molar-refractivity contribution in [1.29, 1.82) is 0 Å². The lowest BCUT2D eigenvalue weighted by Crippen LogP contribution is -2.43. The number of piperidine rings is 1. The van der Waals surface area contributed by atoms with Gasteiger partial charge in [-0.3, -0.25) is 0 Å². The van der Waals surface area contributed by atoms with Crippen LogP contribution in [-0.4, -0.2) is 23.1 Å². The topological polar surface area (TPSA) is 51.0 Å². The first-order chi connectivity index (χ1) is 8.73. The van der Waals surface area contributed by atoms with Crippen molar-refractivity contribution in [2.75, 3.05) is 13.1 Å². The summed E-state index contributed by atoms with van der Waals surface area (Å²) < 4.78 is 5.94. The van der Waals surface area contributed by atoms with E-state index in [9.17, 15) is 0 Å². The first-order valence-corrected chi connectivity index (χ1v) is 6.69. The van der Waals surface area contributed by atoms with Gasteiger partial charge >= 0.3 is 0 Å². The van der Waals surface area contributed by atoms with Crippen LogP contribution in [0.4, 0.5) is 0 Å². The Balaban J connectivity index is 2.06. The summed E-state index contributed by atoms with van der Waals surface area (Å²) in [5, 5.41) is 3.46. The van der Waals surface area contributed by atoms with E-state index < -0.39 is 0 Å². The molecule has 4 nitrogen and oxygen atoms in total. The van der Waals surface area contributed by atoms with E-state index in [4.69, 9.17) is 4.42 Å². The maximum Gasteiger partial charge on any atom is 0.204 e. The second-order valence-corrected chi connectivity index (χ2v) is 5.21. The molecule has 1 aliphatic rings. The molecule has 4 heteroatoms. The lowest BCUT2D eigenvalue weighted by atomic mass is 9.78. The summed E-state index contributed by atoms with van der Waals surface area (Å²) in [4.78, 5) is 9.05. The van der Waals surface area contributed by atoms with Crippen LogP contribution < -0.4 is 5.32 Å². The third-order valence-corrected chi connectivity index (χ3v) is 4.00. The smallest absolute Gasteiger partial charge is 0.204 e. The standard InChI is InChI=1S/C14H19N3O/c1-3-14(7-4-8-15-9-14)13-17-12-11(18-13)6-5-10(2)16-12/h5-6,15H,3-4,7-9H2,1-2H3. The van der Waals surface area contributed by atoms with Crippen LogP contribution in [0.15, 0.2) is 16.5 Å². The number of fused-ring (bicyclic) bond motifs is 1. The fraction of sp³-hybridized carbons (Fsp3) is 0.571. The molecule has 2 aromatic heterocycles. The highest BCUT2D eigenvalue weighted by molar-refractivity contribution is 5.67. The normalized spacial score (nSPS) is 24.6. The molecule has 0 amide bonds. The van der Waals surface area contributed by atoms with Crippen LogP contribution in [0, 0.1) is 6.92 Å². The zero-order valence-electron chi connectivity index (χ0n) is 11.0. The van der Waals surface area contributed by atoms with Crippen molar-refractivity contribution in [3.63, 3.8) is 0 Å². The van der Waals surface area contributed by atoms with Gasteiger partial charge in [-0.1, -0.05) is 6.92 Å². The zero-order chi connectivity index (χ0) is 12.6. The Morgan fingerprint density at radius 1 is 1.39 bits per heavy atom. The van der Waals surface area contributed by atoms with Gasteiger partial charge in [0.15, 0.2) is 11.2 Å². The second-order valence-electron chi connectivity index (χ2n) is 5.21. The van der Waals surface area contributed by atoms with Gasteiger partial charge in [0.2, 0.25) is 5.89 Å². The summed E-state index contributed by atoms with van der Waals surface area (Å²) in [5.41, 5.74) is 2.57. The van der Waals surface area contributed by atoms with Crippen LogP contribution in [0.25, 0.3) is 11.2 Å². The fourth-order valence-corrected chi connectivity index (χ4v) is 2.74. The first-order valence-electron chi connectivity index (χ1n) is 6.69. The molecular weight excluding hydrogens is 226 g/mol. The molecule has 0 saturated carbocycles. The quantitative estimate of drug-likeness (QED) is 0.883. The third kappa shape index (κ3) is 1.81. The lowest BCUT2D eigenvalue weighted by molar-refractivity contribution is 0.249. The average Bonchev–Trinajstić information content (AvgIpc) is 2.83. The minimum Gasteiger partial charge on any atom is -0.438 e. The van der Waals surface area contributed by atoms with Gasteiger partial charge in [0.05, 0.1) is 5.41 Å². The molecule has 0 bridgehead atoms. The highest BCUT2D eigenvalue weighted by Gasteiger charge is 2.37. The summed E-state index contributed by atoms with van der Waals surface area (Å²) in [7, 11) is 0. The van der Waals surface area contributed by atoms with Crippen LogP contribution in [0.5, 0.6) is 0 Å². The molecule has 3 rings (SSSR count). The van der Waals surface area contributed by atoms with Crippen molar-refractivity contribution >= 4 is 11.2 Å². The summed E-state index contributed by atoms with van der Waals surface area (Å²) in [6.45, 7) is 6.24. The molecule has 0 radical (unpaired) electrons. The Hall–Kier alpha value is -1.42. The van der Waals surface area contributed by atoms with E-state index in [0.717, 1.165) is 48.7 Å². The highest BCUT2D eigenvalue weighted by Crippen LogP contribution is 2.35. The van der Waals surface area contributed by atoms with Crippen molar-refractivity contribution < 1.29 is 4.42 Å².